The average molecular weight is 191 g/mol. The number of aromatic nitrogens is 2. The summed E-state index contributed by atoms with van der Waals surface area (Å²) in [6, 6.07) is 7.92. The quantitative estimate of drug-likeness (QED) is 0.288. The molecule has 0 aliphatic rings. The predicted molar refractivity (Wildman–Crippen MR) is 47.4 cm³/mol. The number of benzene rings is 1. The van der Waals surface area contributed by atoms with Crippen LogP contribution >= 0.6 is 0 Å². The molecule has 0 bridgehead atoms. The Morgan fingerprint density at radius 1 is 1.36 bits per heavy atom. The van der Waals surface area contributed by atoms with Gasteiger partial charge in [-0.25, -0.2) is 0 Å². The molecule has 1 aromatic heterocycles. The molecule has 0 saturated heterocycles. The number of nitro groups is 1. The smallest absolute Gasteiger partial charge is 0.539 e. The van der Waals surface area contributed by atoms with Gasteiger partial charge in [-0.1, -0.05) is 18.2 Å². The lowest BCUT2D eigenvalue weighted by Gasteiger charge is -1.96. The van der Waals surface area contributed by atoms with Crippen LogP contribution in [-0.2, 0) is 0 Å². The Morgan fingerprint density at radius 3 is 2.79 bits per heavy atom. The fraction of sp³-hybridized carbons (Fsp3) is 0. The molecule has 0 N–H and O–H groups in total. The Bertz CT molecular complexity index is 512. The maximum Gasteiger partial charge on any atom is 0.539 e. The number of hydrogen-bond acceptors (Lipinski definition) is 4. The Hall–Kier alpha value is -2.24. The molecule has 0 saturated carbocycles. The van der Waals surface area contributed by atoms with Gasteiger partial charge in [-0.15, -0.1) is 0 Å². The molecule has 0 radical (unpaired) electrons. The van der Waals surface area contributed by atoms with E-state index in [0.29, 0.717) is 10.9 Å². The van der Waals surface area contributed by atoms with E-state index in [4.69, 9.17) is 0 Å². The molecule has 0 amide bonds. The van der Waals surface area contributed by atoms with Crippen LogP contribution in [0.4, 0.5) is 5.82 Å². The van der Waals surface area contributed by atoms with Crippen molar-refractivity contribution in [1.82, 2.24) is 5.10 Å². The first-order valence-electron chi connectivity index (χ1n) is 3.82. The lowest BCUT2D eigenvalue weighted by molar-refractivity contribution is -0.711. The Labute approximate surface area is 78.1 Å². The summed E-state index contributed by atoms with van der Waals surface area (Å²) in [5.74, 6) is -0.566. The van der Waals surface area contributed by atoms with Crippen molar-refractivity contribution < 1.29 is 9.77 Å². The molecule has 6 nitrogen and oxygen atoms in total. The van der Waals surface area contributed by atoms with E-state index < -0.39 is 10.7 Å². The van der Waals surface area contributed by atoms with Crippen LogP contribution in [0.2, 0.25) is 0 Å². The minimum Gasteiger partial charge on any atom is -0.589 e. The van der Waals surface area contributed by atoms with Crippen LogP contribution in [0, 0.1) is 15.3 Å². The second kappa shape index (κ2) is 2.91. The Morgan fingerprint density at radius 2 is 2.07 bits per heavy atom. The zero-order valence-corrected chi connectivity index (χ0v) is 6.95. The molecule has 14 heavy (non-hydrogen) atoms. The fourth-order valence-electron chi connectivity index (χ4n) is 1.17. The van der Waals surface area contributed by atoms with Gasteiger partial charge in [0.25, 0.3) is 0 Å². The summed E-state index contributed by atoms with van der Waals surface area (Å²) in [5.41, 5.74) is 0.438. The maximum atomic E-state index is 11.0. The topological polar surface area (TPSA) is 83.0 Å². The van der Waals surface area contributed by atoms with Gasteiger partial charge in [-0.05, 0) is 6.07 Å². The lowest BCUT2D eigenvalue weighted by atomic mass is 10.2. The van der Waals surface area contributed by atoms with Crippen molar-refractivity contribution in [3.63, 3.8) is 0 Å². The first kappa shape index (κ1) is 8.36. The third-order valence-electron chi connectivity index (χ3n) is 1.80. The van der Waals surface area contributed by atoms with Crippen LogP contribution in [0.1, 0.15) is 0 Å². The number of fused-ring (bicyclic) bond motifs is 1. The van der Waals surface area contributed by atoms with Gasteiger partial charge in [-0.3, -0.25) is 10.1 Å². The van der Waals surface area contributed by atoms with E-state index in [1.165, 1.54) is 6.07 Å². The largest absolute Gasteiger partial charge is 0.589 e. The zero-order chi connectivity index (χ0) is 10.1. The van der Waals surface area contributed by atoms with E-state index >= 15 is 0 Å². The highest BCUT2D eigenvalue weighted by Gasteiger charge is 2.20. The van der Waals surface area contributed by atoms with Crippen molar-refractivity contribution in [3.05, 3.63) is 45.7 Å². The van der Waals surface area contributed by atoms with Crippen molar-refractivity contribution in [2.75, 3.05) is 0 Å². The number of rotatable bonds is 1. The van der Waals surface area contributed by atoms with Gasteiger partial charge in [-0.2, -0.15) is 0 Å². The predicted octanol–water partition coefficient (Wildman–Crippen LogP) is 0.776. The van der Waals surface area contributed by atoms with Crippen LogP contribution in [-0.4, -0.2) is 10.0 Å². The molecule has 1 heterocycles. The molecule has 70 valence electrons. The van der Waals surface area contributed by atoms with E-state index in [-0.39, 0.29) is 4.85 Å². The Kier molecular flexibility index (Phi) is 1.74. The average Bonchev–Trinajstić information content (AvgIpc) is 2.16. The fourth-order valence-corrected chi connectivity index (χ4v) is 1.17. The van der Waals surface area contributed by atoms with Crippen LogP contribution in [0.25, 0.3) is 10.9 Å². The lowest BCUT2D eigenvalue weighted by Crippen LogP contribution is -2.34. The normalized spacial score (nSPS) is 10.3. The summed E-state index contributed by atoms with van der Waals surface area (Å²) in [4.78, 5) is 9.67. The van der Waals surface area contributed by atoms with Crippen LogP contribution in [0.5, 0.6) is 0 Å². The molecule has 0 spiro atoms. The molecule has 2 rings (SSSR count). The summed E-state index contributed by atoms with van der Waals surface area (Å²) >= 11 is 0. The molecular weight excluding hydrogens is 186 g/mol. The van der Waals surface area contributed by atoms with Crippen molar-refractivity contribution in [1.29, 1.82) is 0 Å². The first-order valence-corrected chi connectivity index (χ1v) is 3.82. The standard InChI is InChI=1S/C8H5N3O3/c12-10-8(11(13)14)5-6-3-1-2-4-7(6)9-10/h1-5H. The maximum absolute atomic E-state index is 11.0. The molecule has 0 fully saturated rings. The van der Waals surface area contributed by atoms with Gasteiger partial charge in [0.2, 0.25) is 0 Å². The van der Waals surface area contributed by atoms with Crippen molar-refractivity contribution >= 4 is 16.7 Å². The molecule has 2 aromatic rings. The van der Waals surface area contributed by atoms with E-state index in [9.17, 15) is 15.3 Å². The van der Waals surface area contributed by atoms with Crippen molar-refractivity contribution in [2.24, 2.45) is 0 Å². The molecule has 1 aromatic carbocycles. The highest BCUT2D eigenvalue weighted by atomic mass is 16.6. The first-order chi connectivity index (χ1) is 6.68. The molecule has 0 unspecified atom stereocenters. The molecule has 0 aliphatic carbocycles. The van der Waals surface area contributed by atoms with E-state index in [1.807, 2.05) is 0 Å². The molecule has 6 heteroatoms. The van der Waals surface area contributed by atoms with Crippen LogP contribution < -0.4 is 4.85 Å². The molecule has 0 atom stereocenters. The minimum atomic E-state index is -0.757. The highest BCUT2D eigenvalue weighted by Crippen LogP contribution is 2.13. The summed E-state index contributed by atoms with van der Waals surface area (Å²) < 4.78 is 0. The number of hydrogen-bond donors (Lipinski definition) is 0. The summed E-state index contributed by atoms with van der Waals surface area (Å²) in [6.07, 6.45) is 0. The van der Waals surface area contributed by atoms with E-state index in [0.717, 1.165) is 0 Å². The summed E-state index contributed by atoms with van der Waals surface area (Å²) in [7, 11) is 0. The van der Waals surface area contributed by atoms with Gasteiger partial charge in [0.1, 0.15) is 16.5 Å². The van der Waals surface area contributed by atoms with Gasteiger partial charge < -0.3 is 5.21 Å². The van der Waals surface area contributed by atoms with Gasteiger partial charge >= 0.3 is 5.82 Å². The highest BCUT2D eigenvalue weighted by molar-refractivity contribution is 5.78. The van der Waals surface area contributed by atoms with Crippen molar-refractivity contribution in [2.45, 2.75) is 0 Å². The minimum absolute atomic E-state index is 0.0162. The zero-order valence-electron chi connectivity index (χ0n) is 6.95. The van der Waals surface area contributed by atoms with Crippen LogP contribution in [0.3, 0.4) is 0 Å². The van der Waals surface area contributed by atoms with Crippen molar-refractivity contribution in [3.8, 4) is 0 Å². The number of nitrogens with zero attached hydrogens (tertiary/aromatic N) is 3. The second-order valence-corrected chi connectivity index (χ2v) is 2.69. The van der Waals surface area contributed by atoms with Gasteiger partial charge in [0.05, 0.1) is 0 Å². The summed E-state index contributed by atoms with van der Waals surface area (Å²) in [6.45, 7) is 0. The summed E-state index contributed by atoms with van der Waals surface area (Å²) in [5, 5.41) is 25.5. The SMILES string of the molecule is O=[N+]([O-])c1cc2ccccc2n[n+]1[O-]. The molecular formula is C8H5N3O3. The second-order valence-electron chi connectivity index (χ2n) is 2.69. The van der Waals surface area contributed by atoms with Gasteiger partial charge in [0, 0.05) is 15.3 Å². The van der Waals surface area contributed by atoms with E-state index in [1.54, 1.807) is 24.3 Å². The third kappa shape index (κ3) is 1.22. The van der Waals surface area contributed by atoms with Crippen LogP contribution in [0.15, 0.2) is 30.3 Å². The van der Waals surface area contributed by atoms with E-state index in [2.05, 4.69) is 5.10 Å². The monoisotopic (exact) mass is 191 g/mol. The Balaban J connectivity index is 2.77. The third-order valence-corrected chi connectivity index (χ3v) is 1.80. The molecule has 0 aliphatic heterocycles. The van der Waals surface area contributed by atoms with Gasteiger partial charge in [0.15, 0.2) is 0 Å².